The van der Waals surface area contributed by atoms with E-state index in [0.717, 1.165) is 36.4 Å². The quantitative estimate of drug-likeness (QED) is 0.840. The second kappa shape index (κ2) is 7.76. The van der Waals surface area contributed by atoms with Crippen LogP contribution in [0, 0.1) is 0 Å². The van der Waals surface area contributed by atoms with Gasteiger partial charge in [-0.2, -0.15) is 0 Å². The molecule has 1 aromatic rings. The van der Waals surface area contributed by atoms with Crippen molar-refractivity contribution in [1.82, 2.24) is 4.90 Å². The molecule has 7 heteroatoms. The molecule has 0 bridgehead atoms. The number of nitrogens with zero attached hydrogens (tertiary/aromatic N) is 1. The first kappa shape index (κ1) is 19.1. The second-order valence-electron chi connectivity index (χ2n) is 6.38. The summed E-state index contributed by atoms with van der Waals surface area (Å²) >= 11 is 1.52. The van der Waals surface area contributed by atoms with Gasteiger partial charge in [-0.15, -0.1) is 24.2 Å². The summed E-state index contributed by atoms with van der Waals surface area (Å²) in [5.41, 5.74) is 7.42. The van der Waals surface area contributed by atoms with Gasteiger partial charge in [-0.05, 0) is 51.3 Å². The fourth-order valence-electron chi connectivity index (χ4n) is 3.26. The molecule has 2 aliphatic rings. The van der Waals surface area contributed by atoms with Gasteiger partial charge in [0.25, 0.3) is 5.91 Å². The summed E-state index contributed by atoms with van der Waals surface area (Å²) in [4.78, 5) is 27.6. The number of thioether (sulfide) groups is 1. The molecule has 0 radical (unpaired) electrons. The van der Waals surface area contributed by atoms with Crippen molar-refractivity contribution in [2.24, 2.45) is 5.73 Å². The first-order valence-electron chi connectivity index (χ1n) is 8.15. The number of fused-ring (bicyclic) bond motifs is 1. The van der Waals surface area contributed by atoms with E-state index in [9.17, 15) is 9.59 Å². The van der Waals surface area contributed by atoms with Crippen molar-refractivity contribution < 1.29 is 9.59 Å². The van der Waals surface area contributed by atoms with Gasteiger partial charge in [-0.3, -0.25) is 9.59 Å². The smallest absolute Gasteiger partial charge is 0.254 e. The molecule has 3 N–H and O–H groups in total. The topological polar surface area (TPSA) is 75.4 Å². The maximum atomic E-state index is 12.9. The monoisotopic (exact) mass is 369 g/mol. The normalized spacial score (nSPS) is 24.5. The van der Waals surface area contributed by atoms with Crippen molar-refractivity contribution in [1.29, 1.82) is 0 Å². The lowest BCUT2D eigenvalue weighted by Crippen LogP contribution is -2.51. The molecular formula is C17H24ClN3O2S. The molecule has 2 amide bonds. The van der Waals surface area contributed by atoms with E-state index in [0.29, 0.717) is 5.56 Å². The molecule has 1 saturated heterocycles. The van der Waals surface area contributed by atoms with Crippen molar-refractivity contribution in [3.8, 4) is 0 Å². The number of hydrogen-bond donors (Lipinski definition) is 2. The number of carbonyl (C=O) groups is 2. The number of hydrogen-bond acceptors (Lipinski definition) is 4. The van der Waals surface area contributed by atoms with Crippen LogP contribution in [0.2, 0.25) is 0 Å². The minimum Gasteiger partial charge on any atom is -0.334 e. The Balaban J connectivity index is 0.00000208. The van der Waals surface area contributed by atoms with Crippen LogP contribution in [-0.2, 0) is 4.79 Å². The summed E-state index contributed by atoms with van der Waals surface area (Å²) in [6.45, 7) is 4.59. The number of halogens is 1. The van der Waals surface area contributed by atoms with Gasteiger partial charge in [0.1, 0.15) is 0 Å². The van der Waals surface area contributed by atoms with E-state index in [2.05, 4.69) is 5.32 Å². The fourth-order valence-corrected chi connectivity index (χ4v) is 4.19. The Kier molecular flexibility index (Phi) is 6.17. The summed E-state index contributed by atoms with van der Waals surface area (Å²) in [6.07, 6.45) is 3.09. The number of nitrogens with two attached hydrogens (primary N) is 1. The highest BCUT2D eigenvalue weighted by Gasteiger charge is 2.31. The maximum Gasteiger partial charge on any atom is 0.254 e. The van der Waals surface area contributed by atoms with Crippen LogP contribution < -0.4 is 11.1 Å². The highest BCUT2D eigenvalue weighted by atomic mass is 35.5. The first-order valence-corrected chi connectivity index (χ1v) is 9.03. The van der Waals surface area contributed by atoms with Crippen molar-refractivity contribution in [2.75, 3.05) is 11.9 Å². The Morgan fingerprint density at radius 1 is 1.42 bits per heavy atom. The molecule has 3 atom stereocenters. The zero-order valence-corrected chi connectivity index (χ0v) is 15.6. The minimum atomic E-state index is -0.103. The van der Waals surface area contributed by atoms with Gasteiger partial charge in [-0.1, -0.05) is 0 Å². The third-order valence-electron chi connectivity index (χ3n) is 4.57. The summed E-state index contributed by atoms with van der Waals surface area (Å²) < 4.78 is 0. The van der Waals surface area contributed by atoms with Gasteiger partial charge in [-0.25, -0.2) is 0 Å². The molecule has 3 unspecified atom stereocenters. The van der Waals surface area contributed by atoms with E-state index in [-0.39, 0.29) is 41.6 Å². The molecule has 0 aliphatic carbocycles. The molecule has 5 nitrogen and oxygen atoms in total. The molecule has 1 aromatic carbocycles. The molecule has 2 heterocycles. The zero-order valence-electron chi connectivity index (χ0n) is 14.0. The zero-order chi connectivity index (χ0) is 16.6. The number of likely N-dealkylation sites (tertiary alicyclic amines) is 1. The summed E-state index contributed by atoms with van der Waals surface area (Å²) in [5.74, 6) is -0.00815. The average Bonchev–Trinajstić information content (AvgIpc) is 2.55. The van der Waals surface area contributed by atoms with Crippen LogP contribution >= 0.6 is 24.2 Å². The van der Waals surface area contributed by atoms with Gasteiger partial charge in [0, 0.05) is 29.1 Å². The first-order chi connectivity index (χ1) is 11.0. The van der Waals surface area contributed by atoms with Crippen molar-refractivity contribution in [2.45, 2.75) is 55.3 Å². The van der Waals surface area contributed by atoms with Crippen LogP contribution in [0.3, 0.4) is 0 Å². The molecule has 0 spiro atoms. The van der Waals surface area contributed by atoms with E-state index >= 15 is 0 Å². The van der Waals surface area contributed by atoms with Crippen LogP contribution in [0.1, 0.15) is 43.5 Å². The van der Waals surface area contributed by atoms with Crippen LogP contribution in [0.25, 0.3) is 0 Å². The predicted molar refractivity (Wildman–Crippen MR) is 100.0 cm³/mol. The summed E-state index contributed by atoms with van der Waals surface area (Å²) in [5, 5.41) is 2.78. The van der Waals surface area contributed by atoms with Gasteiger partial charge in [0.2, 0.25) is 5.91 Å². The predicted octanol–water partition coefficient (Wildman–Crippen LogP) is 2.88. The van der Waals surface area contributed by atoms with Crippen LogP contribution in [0.5, 0.6) is 0 Å². The van der Waals surface area contributed by atoms with E-state index in [1.165, 1.54) is 11.8 Å². The highest BCUT2D eigenvalue weighted by molar-refractivity contribution is 8.00. The van der Waals surface area contributed by atoms with Crippen LogP contribution in [-0.4, -0.2) is 40.6 Å². The summed E-state index contributed by atoms with van der Waals surface area (Å²) in [6, 6.07) is 5.63. The standard InChI is InChI=1S/C17H23N3O2S.ClH/c1-10(18)14-5-3-4-8-20(14)17(22)12-6-7-15-13(9-12)19-16(21)11(2)23-15;/h6-7,9-11,14H,3-5,8,18H2,1-2H3,(H,19,21);1H. The van der Waals surface area contributed by atoms with Gasteiger partial charge in [0.05, 0.1) is 10.9 Å². The summed E-state index contributed by atoms with van der Waals surface area (Å²) in [7, 11) is 0. The number of anilines is 1. The van der Waals surface area contributed by atoms with Gasteiger partial charge >= 0.3 is 0 Å². The Labute approximate surface area is 153 Å². The average molecular weight is 370 g/mol. The Hall–Kier alpha value is -1.24. The van der Waals surface area contributed by atoms with E-state index in [1.54, 1.807) is 6.07 Å². The number of benzene rings is 1. The lowest BCUT2D eigenvalue weighted by Gasteiger charge is -2.38. The molecule has 24 heavy (non-hydrogen) atoms. The second-order valence-corrected chi connectivity index (χ2v) is 7.76. The molecule has 2 aliphatic heterocycles. The number of amides is 2. The lowest BCUT2D eigenvalue weighted by atomic mass is 9.96. The minimum absolute atomic E-state index is 0. The maximum absolute atomic E-state index is 12.9. The number of rotatable bonds is 2. The molecule has 0 aromatic heterocycles. The third kappa shape index (κ3) is 3.71. The molecular weight excluding hydrogens is 346 g/mol. The van der Waals surface area contributed by atoms with Gasteiger partial charge < -0.3 is 16.0 Å². The third-order valence-corrected chi connectivity index (χ3v) is 5.75. The highest BCUT2D eigenvalue weighted by Crippen LogP contribution is 2.36. The van der Waals surface area contributed by atoms with Crippen LogP contribution in [0.15, 0.2) is 23.1 Å². The van der Waals surface area contributed by atoms with E-state index in [1.807, 2.05) is 30.9 Å². The van der Waals surface area contributed by atoms with Crippen molar-refractivity contribution >= 4 is 41.7 Å². The number of carbonyl (C=O) groups excluding carboxylic acids is 2. The molecule has 0 saturated carbocycles. The van der Waals surface area contributed by atoms with E-state index in [4.69, 9.17) is 5.73 Å². The molecule has 1 fully saturated rings. The number of piperidine rings is 1. The SMILES string of the molecule is CC1Sc2ccc(C(=O)N3CCCCC3C(C)N)cc2NC1=O.Cl. The van der Waals surface area contributed by atoms with Crippen LogP contribution in [0.4, 0.5) is 5.69 Å². The van der Waals surface area contributed by atoms with Crippen molar-refractivity contribution in [3.63, 3.8) is 0 Å². The lowest BCUT2D eigenvalue weighted by molar-refractivity contribution is -0.115. The largest absolute Gasteiger partial charge is 0.334 e. The Morgan fingerprint density at radius 3 is 2.88 bits per heavy atom. The fraction of sp³-hybridized carbons (Fsp3) is 0.529. The van der Waals surface area contributed by atoms with E-state index < -0.39 is 0 Å². The molecule has 132 valence electrons. The number of nitrogens with one attached hydrogen (secondary N) is 1. The Morgan fingerprint density at radius 2 is 2.17 bits per heavy atom. The Bertz CT molecular complexity index is 638. The molecule has 3 rings (SSSR count). The van der Waals surface area contributed by atoms with Gasteiger partial charge in [0.15, 0.2) is 0 Å². The van der Waals surface area contributed by atoms with Crippen molar-refractivity contribution in [3.05, 3.63) is 23.8 Å².